The first-order chi connectivity index (χ1) is 8.32. The van der Waals surface area contributed by atoms with Crippen LogP contribution in [-0.4, -0.2) is 25.7 Å². The van der Waals surface area contributed by atoms with Crippen LogP contribution in [0.15, 0.2) is 27.6 Å². The first kappa shape index (κ1) is 14.0. The zero-order chi connectivity index (χ0) is 13.4. The van der Waals surface area contributed by atoms with Gasteiger partial charge in [0.05, 0.1) is 10.5 Å². The molecule has 0 aliphatic heterocycles. The molecule has 0 saturated heterocycles. The number of sulfonamides is 1. The van der Waals surface area contributed by atoms with Gasteiger partial charge in [-0.05, 0) is 59.8 Å². The molecule has 1 aliphatic rings. The molecule has 1 saturated carbocycles. The molecule has 0 unspecified atom stereocenters. The second kappa shape index (κ2) is 4.92. The van der Waals surface area contributed by atoms with Crippen molar-refractivity contribution >= 4 is 26.0 Å². The number of benzene rings is 1. The summed E-state index contributed by atoms with van der Waals surface area (Å²) >= 11 is 3.25. The second-order valence-corrected chi connectivity index (χ2v) is 7.43. The highest BCUT2D eigenvalue weighted by Crippen LogP contribution is 2.31. The average molecular weight is 334 g/mol. The summed E-state index contributed by atoms with van der Waals surface area (Å²) in [7, 11) is -3.57. The first-order valence-electron chi connectivity index (χ1n) is 5.81. The molecule has 0 spiro atoms. The van der Waals surface area contributed by atoms with Crippen molar-refractivity contribution in [2.24, 2.45) is 0 Å². The number of nitrogens with one attached hydrogen (secondary N) is 1. The van der Waals surface area contributed by atoms with E-state index >= 15 is 0 Å². The largest absolute Gasteiger partial charge is 0.389 e. The van der Waals surface area contributed by atoms with Gasteiger partial charge < -0.3 is 5.11 Å². The van der Waals surface area contributed by atoms with Gasteiger partial charge in [0.1, 0.15) is 0 Å². The van der Waals surface area contributed by atoms with Crippen molar-refractivity contribution in [2.45, 2.75) is 36.7 Å². The van der Waals surface area contributed by atoms with Gasteiger partial charge in [0, 0.05) is 11.0 Å². The van der Waals surface area contributed by atoms with Crippen molar-refractivity contribution in [1.82, 2.24) is 4.72 Å². The second-order valence-electron chi connectivity index (χ2n) is 4.84. The van der Waals surface area contributed by atoms with E-state index in [1.54, 1.807) is 18.2 Å². The van der Waals surface area contributed by atoms with Crippen LogP contribution in [0.2, 0.25) is 0 Å². The SMILES string of the molecule is Cc1ccc(S(=O)(=O)NCC2(O)CCC2)c(Br)c1. The molecule has 2 rings (SSSR count). The van der Waals surface area contributed by atoms with E-state index in [4.69, 9.17) is 0 Å². The van der Waals surface area contributed by atoms with E-state index in [2.05, 4.69) is 20.7 Å². The monoisotopic (exact) mass is 333 g/mol. The van der Waals surface area contributed by atoms with Crippen LogP contribution in [-0.2, 0) is 10.0 Å². The quantitative estimate of drug-likeness (QED) is 0.884. The Labute approximate surface area is 116 Å². The summed E-state index contributed by atoms with van der Waals surface area (Å²) in [6.45, 7) is 1.97. The van der Waals surface area contributed by atoms with Gasteiger partial charge in [0.2, 0.25) is 10.0 Å². The van der Waals surface area contributed by atoms with Gasteiger partial charge in [0.25, 0.3) is 0 Å². The molecule has 0 radical (unpaired) electrons. The Morgan fingerprint density at radius 3 is 2.61 bits per heavy atom. The van der Waals surface area contributed by atoms with E-state index in [1.807, 2.05) is 6.92 Å². The van der Waals surface area contributed by atoms with Gasteiger partial charge >= 0.3 is 0 Å². The molecule has 2 N–H and O–H groups in total. The molecule has 0 atom stereocenters. The molecule has 4 nitrogen and oxygen atoms in total. The molecule has 0 heterocycles. The van der Waals surface area contributed by atoms with Crippen molar-refractivity contribution in [2.75, 3.05) is 6.54 Å². The van der Waals surface area contributed by atoms with Gasteiger partial charge in [-0.25, -0.2) is 13.1 Å². The van der Waals surface area contributed by atoms with E-state index in [0.29, 0.717) is 17.3 Å². The maximum atomic E-state index is 12.1. The van der Waals surface area contributed by atoms with Gasteiger partial charge in [-0.15, -0.1) is 0 Å². The minimum atomic E-state index is -3.57. The predicted molar refractivity (Wildman–Crippen MR) is 72.9 cm³/mol. The lowest BCUT2D eigenvalue weighted by Gasteiger charge is -2.36. The van der Waals surface area contributed by atoms with Crippen molar-refractivity contribution in [3.63, 3.8) is 0 Å². The number of hydrogen-bond acceptors (Lipinski definition) is 3. The summed E-state index contributed by atoms with van der Waals surface area (Å²) in [5.74, 6) is 0. The molecule has 0 bridgehead atoms. The van der Waals surface area contributed by atoms with E-state index in [0.717, 1.165) is 12.0 Å². The van der Waals surface area contributed by atoms with Crippen molar-refractivity contribution in [3.8, 4) is 0 Å². The third-order valence-corrected chi connectivity index (χ3v) is 5.63. The fourth-order valence-electron chi connectivity index (χ4n) is 1.89. The van der Waals surface area contributed by atoms with Gasteiger partial charge in [-0.1, -0.05) is 6.07 Å². The molecule has 1 aliphatic carbocycles. The first-order valence-corrected chi connectivity index (χ1v) is 8.08. The summed E-state index contributed by atoms with van der Waals surface area (Å²) in [6.07, 6.45) is 2.27. The summed E-state index contributed by atoms with van der Waals surface area (Å²) < 4.78 is 27.2. The van der Waals surface area contributed by atoms with Crippen LogP contribution in [0.5, 0.6) is 0 Å². The standard InChI is InChI=1S/C12H16BrNO3S/c1-9-3-4-11(10(13)7-9)18(16,17)14-8-12(15)5-2-6-12/h3-4,7,14-15H,2,5-6,8H2,1H3. The third kappa shape index (κ3) is 2.93. The maximum absolute atomic E-state index is 12.1. The fourth-order valence-corrected chi connectivity index (χ4v) is 4.20. The lowest BCUT2D eigenvalue weighted by atomic mass is 9.81. The molecule has 6 heteroatoms. The molecule has 1 fully saturated rings. The molecular formula is C12H16BrNO3S. The third-order valence-electron chi connectivity index (χ3n) is 3.25. The molecule has 100 valence electrons. The van der Waals surface area contributed by atoms with Crippen LogP contribution in [0, 0.1) is 6.92 Å². The number of aliphatic hydroxyl groups is 1. The predicted octanol–water partition coefficient (Wildman–Crippen LogP) is 1.95. The smallest absolute Gasteiger partial charge is 0.241 e. The Bertz CT molecular complexity index is 552. The van der Waals surface area contributed by atoms with Crippen LogP contribution in [0.4, 0.5) is 0 Å². The van der Waals surface area contributed by atoms with Gasteiger partial charge in [-0.2, -0.15) is 0 Å². The Morgan fingerprint density at radius 1 is 1.44 bits per heavy atom. The van der Waals surface area contributed by atoms with Crippen LogP contribution in [0.1, 0.15) is 24.8 Å². The highest BCUT2D eigenvalue weighted by atomic mass is 79.9. The van der Waals surface area contributed by atoms with Crippen LogP contribution >= 0.6 is 15.9 Å². The Hall–Kier alpha value is -0.430. The lowest BCUT2D eigenvalue weighted by molar-refractivity contribution is -0.0270. The zero-order valence-corrected chi connectivity index (χ0v) is 12.5. The van der Waals surface area contributed by atoms with Gasteiger partial charge in [-0.3, -0.25) is 0 Å². The summed E-state index contributed by atoms with van der Waals surface area (Å²) in [4.78, 5) is 0.205. The lowest BCUT2D eigenvalue weighted by Crippen LogP contribution is -2.47. The molecule has 0 amide bonds. The Kier molecular flexibility index (Phi) is 3.82. The number of rotatable bonds is 4. The van der Waals surface area contributed by atoms with Crippen LogP contribution < -0.4 is 4.72 Å². The molecule has 0 aromatic heterocycles. The maximum Gasteiger partial charge on any atom is 0.241 e. The average Bonchev–Trinajstić information content (AvgIpc) is 2.23. The number of aryl methyl sites for hydroxylation is 1. The van der Waals surface area contributed by atoms with Crippen LogP contribution in [0.3, 0.4) is 0 Å². The highest BCUT2D eigenvalue weighted by Gasteiger charge is 2.35. The molecule has 18 heavy (non-hydrogen) atoms. The van der Waals surface area contributed by atoms with Crippen molar-refractivity contribution < 1.29 is 13.5 Å². The summed E-state index contributed by atoms with van der Waals surface area (Å²) in [6, 6.07) is 5.07. The van der Waals surface area contributed by atoms with Crippen molar-refractivity contribution in [3.05, 3.63) is 28.2 Å². The Morgan fingerprint density at radius 2 is 2.11 bits per heavy atom. The fraction of sp³-hybridized carbons (Fsp3) is 0.500. The molecule has 1 aromatic rings. The number of halogens is 1. The summed E-state index contributed by atoms with van der Waals surface area (Å²) in [5.41, 5.74) is 0.128. The zero-order valence-electron chi connectivity index (χ0n) is 10.1. The molecule has 1 aromatic carbocycles. The van der Waals surface area contributed by atoms with Gasteiger partial charge in [0.15, 0.2) is 0 Å². The minimum Gasteiger partial charge on any atom is -0.389 e. The van der Waals surface area contributed by atoms with Crippen LogP contribution in [0.25, 0.3) is 0 Å². The Balaban J connectivity index is 2.15. The van der Waals surface area contributed by atoms with E-state index in [9.17, 15) is 13.5 Å². The van der Waals surface area contributed by atoms with E-state index in [1.165, 1.54) is 0 Å². The minimum absolute atomic E-state index is 0.0790. The highest BCUT2D eigenvalue weighted by molar-refractivity contribution is 9.10. The van der Waals surface area contributed by atoms with E-state index in [-0.39, 0.29) is 11.4 Å². The topological polar surface area (TPSA) is 66.4 Å². The van der Waals surface area contributed by atoms with Crippen molar-refractivity contribution in [1.29, 1.82) is 0 Å². The molecular weight excluding hydrogens is 318 g/mol. The normalized spacial score (nSPS) is 18.4. The number of hydrogen-bond donors (Lipinski definition) is 2. The summed E-state index contributed by atoms with van der Waals surface area (Å²) in [5, 5.41) is 9.89. The van der Waals surface area contributed by atoms with E-state index < -0.39 is 15.6 Å².